The average Bonchev–Trinajstić information content (AvgIpc) is 2.85. The second-order valence-electron chi connectivity index (χ2n) is 5.93. The van der Waals surface area contributed by atoms with Crippen molar-refractivity contribution in [1.82, 2.24) is 20.9 Å². The number of hydrogen-bond acceptors (Lipinski definition) is 6. The largest absolute Gasteiger partial charge is 0.486 e. The van der Waals surface area contributed by atoms with E-state index in [-0.39, 0.29) is 0 Å². The first-order valence-corrected chi connectivity index (χ1v) is 7.91. The Morgan fingerprint density at radius 3 is 2.62 bits per heavy atom. The SMILES string of the molecule is CNC(=O)NC(=O)CN1C(=O)N[C@](C)(c2ccc3c(c2)OCCO3)C1=O. The van der Waals surface area contributed by atoms with Crippen LogP contribution < -0.4 is 25.4 Å². The van der Waals surface area contributed by atoms with Crippen LogP contribution >= 0.6 is 0 Å². The summed E-state index contributed by atoms with van der Waals surface area (Å²) in [5, 5.41) is 6.81. The van der Waals surface area contributed by atoms with Crippen molar-refractivity contribution in [3.8, 4) is 11.5 Å². The quantitative estimate of drug-likeness (QED) is 0.633. The second kappa shape index (κ2) is 6.54. The Hall–Kier alpha value is -3.30. The van der Waals surface area contributed by atoms with E-state index in [2.05, 4.69) is 10.6 Å². The summed E-state index contributed by atoms with van der Waals surface area (Å²) in [4.78, 5) is 48.7. The van der Waals surface area contributed by atoms with Crippen molar-refractivity contribution in [3.63, 3.8) is 0 Å². The fourth-order valence-electron chi connectivity index (χ4n) is 2.76. The van der Waals surface area contributed by atoms with Crippen LogP contribution in [0.3, 0.4) is 0 Å². The zero-order valence-electron chi connectivity index (χ0n) is 14.3. The van der Waals surface area contributed by atoms with Gasteiger partial charge < -0.3 is 20.1 Å². The van der Waals surface area contributed by atoms with Crippen LogP contribution in [0.15, 0.2) is 18.2 Å². The molecule has 0 bridgehead atoms. The Morgan fingerprint density at radius 1 is 1.23 bits per heavy atom. The Balaban J connectivity index is 1.81. The van der Waals surface area contributed by atoms with Crippen molar-refractivity contribution in [3.05, 3.63) is 23.8 Å². The molecule has 0 radical (unpaired) electrons. The minimum atomic E-state index is -1.36. The topological polar surface area (TPSA) is 126 Å². The summed E-state index contributed by atoms with van der Waals surface area (Å²) in [5.41, 5.74) is -0.866. The van der Waals surface area contributed by atoms with E-state index in [4.69, 9.17) is 9.47 Å². The fraction of sp³-hybridized carbons (Fsp3) is 0.375. The lowest BCUT2D eigenvalue weighted by atomic mass is 9.91. The van der Waals surface area contributed by atoms with Crippen molar-refractivity contribution < 1.29 is 28.7 Å². The molecule has 3 N–H and O–H groups in total. The molecule has 1 atom stereocenters. The van der Waals surface area contributed by atoms with E-state index < -0.39 is 36.0 Å². The third-order valence-electron chi connectivity index (χ3n) is 4.18. The molecule has 138 valence electrons. The standard InChI is InChI=1S/C16H18N4O6/c1-16(9-3-4-10-11(7-9)26-6-5-25-10)13(22)20(15(24)19-16)8-12(21)18-14(23)17-2/h3-4,7H,5-6,8H2,1-2H3,(H,19,24)(H2,17,18,21,23)/t16-/m1/s1. The fourth-order valence-corrected chi connectivity index (χ4v) is 2.76. The molecule has 0 saturated carbocycles. The molecule has 1 fully saturated rings. The lowest BCUT2D eigenvalue weighted by Gasteiger charge is -2.25. The van der Waals surface area contributed by atoms with Crippen LogP contribution in [-0.4, -0.2) is 55.6 Å². The third-order valence-corrected chi connectivity index (χ3v) is 4.18. The summed E-state index contributed by atoms with van der Waals surface area (Å²) < 4.78 is 11.0. The van der Waals surface area contributed by atoms with Gasteiger partial charge in [-0.2, -0.15) is 0 Å². The number of imide groups is 2. The van der Waals surface area contributed by atoms with Crippen molar-refractivity contribution in [2.75, 3.05) is 26.8 Å². The van der Waals surface area contributed by atoms with Crippen molar-refractivity contribution >= 4 is 23.9 Å². The number of nitrogens with one attached hydrogen (secondary N) is 3. The summed E-state index contributed by atoms with van der Waals surface area (Å²) >= 11 is 0. The molecule has 1 saturated heterocycles. The number of urea groups is 2. The van der Waals surface area contributed by atoms with E-state index in [1.54, 1.807) is 18.2 Å². The molecule has 10 nitrogen and oxygen atoms in total. The zero-order valence-corrected chi connectivity index (χ0v) is 14.3. The molecule has 0 aliphatic carbocycles. The third kappa shape index (κ3) is 3.01. The Kier molecular flexibility index (Phi) is 4.41. The summed E-state index contributed by atoms with van der Waals surface area (Å²) in [6.45, 7) is 1.79. The smallest absolute Gasteiger partial charge is 0.325 e. The maximum absolute atomic E-state index is 12.8. The molecular formula is C16H18N4O6. The summed E-state index contributed by atoms with van der Waals surface area (Å²) in [7, 11) is 1.34. The molecule has 0 spiro atoms. The molecule has 0 aromatic heterocycles. The number of hydrogen-bond donors (Lipinski definition) is 3. The van der Waals surface area contributed by atoms with Gasteiger partial charge >= 0.3 is 12.1 Å². The molecule has 2 aliphatic rings. The highest BCUT2D eigenvalue weighted by molar-refractivity contribution is 6.10. The van der Waals surface area contributed by atoms with Gasteiger partial charge in [0.1, 0.15) is 25.3 Å². The molecule has 0 unspecified atom stereocenters. The molecule has 10 heteroatoms. The van der Waals surface area contributed by atoms with Gasteiger partial charge in [-0.25, -0.2) is 9.59 Å². The number of amides is 6. The zero-order chi connectivity index (χ0) is 18.9. The Bertz CT molecular complexity index is 795. The minimum absolute atomic E-state index is 0.388. The van der Waals surface area contributed by atoms with E-state index >= 15 is 0 Å². The van der Waals surface area contributed by atoms with Gasteiger partial charge in [0.25, 0.3) is 5.91 Å². The van der Waals surface area contributed by atoms with E-state index in [0.29, 0.717) is 30.3 Å². The molecule has 26 heavy (non-hydrogen) atoms. The van der Waals surface area contributed by atoms with Crippen LogP contribution in [0, 0.1) is 0 Å². The highest BCUT2D eigenvalue weighted by Crippen LogP contribution is 2.36. The first kappa shape index (κ1) is 17.5. The average molecular weight is 362 g/mol. The van der Waals surface area contributed by atoms with Crippen LogP contribution in [-0.2, 0) is 15.1 Å². The van der Waals surface area contributed by atoms with Gasteiger partial charge in [-0.3, -0.25) is 19.8 Å². The molecule has 2 heterocycles. The van der Waals surface area contributed by atoms with Crippen LogP contribution in [0.4, 0.5) is 9.59 Å². The molecule has 2 aliphatic heterocycles. The first-order valence-electron chi connectivity index (χ1n) is 7.91. The number of rotatable bonds is 3. The lowest BCUT2D eigenvalue weighted by molar-refractivity contribution is -0.134. The number of benzene rings is 1. The Labute approximate surface area is 148 Å². The minimum Gasteiger partial charge on any atom is -0.486 e. The van der Waals surface area contributed by atoms with Gasteiger partial charge in [-0.15, -0.1) is 0 Å². The number of ether oxygens (including phenoxy) is 2. The normalized spacial score (nSPS) is 21.2. The Morgan fingerprint density at radius 2 is 1.92 bits per heavy atom. The number of carbonyl (C=O) groups is 4. The molecular weight excluding hydrogens is 344 g/mol. The summed E-state index contributed by atoms with van der Waals surface area (Å²) in [5.74, 6) is -0.347. The van der Waals surface area contributed by atoms with Gasteiger partial charge in [0.2, 0.25) is 5.91 Å². The summed E-state index contributed by atoms with van der Waals surface area (Å²) in [6.07, 6.45) is 0. The molecule has 6 amide bonds. The lowest BCUT2D eigenvalue weighted by Crippen LogP contribution is -2.46. The maximum atomic E-state index is 12.8. The molecule has 1 aromatic carbocycles. The van der Waals surface area contributed by atoms with Crippen molar-refractivity contribution in [2.24, 2.45) is 0 Å². The predicted octanol–water partition coefficient (Wildman–Crippen LogP) is -0.320. The first-order chi connectivity index (χ1) is 12.3. The van der Waals surface area contributed by atoms with E-state index in [1.807, 2.05) is 5.32 Å². The summed E-state index contributed by atoms with van der Waals surface area (Å²) in [6, 6.07) is 3.49. The molecule has 3 rings (SSSR count). The van der Waals surface area contributed by atoms with Crippen molar-refractivity contribution in [2.45, 2.75) is 12.5 Å². The predicted molar refractivity (Wildman–Crippen MR) is 87.6 cm³/mol. The second-order valence-corrected chi connectivity index (χ2v) is 5.93. The van der Waals surface area contributed by atoms with Gasteiger partial charge in [0, 0.05) is 7.05 Å². The number of nitrogens with zero attached hydrogens (tertiary/aromatic N) is 1. The van der Waals surface area contributed by atoms with Crippen LogP contribution in [0.5, 0.6) is 11.5 Å². The highest BCUT2D eigenvalue weighted by Gasteiger charge is 2.49. The molecule has 1 aromatic rings. The van der Waals surface area contributed by atoms with Crippen molar-refractivity contribution in [1.29, 1.82) is 0 Å². The van der Waals surface area contributed by atoms with Crippen LogP contribution in [0.2, 0.25) is 0 Å². The number of carbonyl (C=O) groups excluding carboxylic acids is 4. The van der Waals surface area contributed by atoms with Gasteiger partial charge in [0.15, 0.2) is 11.5 Å². The van der Waals surface area contributed by atoms with Gasteiger partial charge in [-0.1, -0.05) is 6.07 Å². The van der Waals surface area contributed by atoms with Crippen LogP contribution in [0.1, 0.15) is 12.5 Å². The number of fused-ring (bicyclic) bond motifs is 1. The van der Waals surface area contributed by atoms with Crippen LogP contribution in [0.25, 0.3) is 0 Å². The maximum Gasteiger partial charge on any atom is 0.325 e. The van der Waals surface area contributed by atoms with Gasteiger partial charge in [-0.05, 0) is 24.6 Å². The van der Waals surface area contributed by atoms with E-state index in [1.165, 1.54) is 14.0 Å². The van der Waals surface area contributed by atoms with Gasteiger partial charge in [0.05, 0.1) is 0 Å². The van der Waals surface area contributed by atoms with E-state index in [9.17, 15) is 19.2 Å². The van der Waals surface area contributed by atoms with E-state index in [0.717, 1.165) is 4.90 Å². The highest BCUT2D eigenvalue weighted by atomic mass is 16.6. The monoisotopic (exact) mass is 362 g/mol.